The van der Waals surface area contributed by atoms with E-state index in [2.05, 4.69) is 29.1 Å². The highest BCUT2D eigenvalue weighted by Crippen LogP contribution is 2.30. The number of nitrogens with one attached hydrogen (secondary N) is 2. The molecule has 25 heavy (non-hydrogen) atoms. The van der Waals surface area contributed by atoms with Gasteiger partial charge < -0.3 is 10.3 Å². The number of H-pyrrole nitrogens is 1. The van der Waals surface area contributed by atoms with Gasteiger partial charge in [0.1, 0.15) is 0 Å². The van der Waals surface area contributed by atoms with E-state index in [0.29, 0.717) is 24.8 Å². The Labute approximate surface area is 149 Å². The molecule has 1 aliphatic carbocycles. The molecule has 7 nitrogen and oxygen atoms in total. The largest absolute Gasteiger partial charge is 0.353 e. The van der Waals surface area contributed by atoms with Crippen LogP contribution in [-0.4, -0.2) is 47.7 Å². The van der Waals surface area contributed by atoms with Crippen molar-refractivity contribution in [2.24, 2.45) is 17.8 Å². The Morgan fingerprint density at radius 3 is 2.80 bits per heavy atom. The molecular weight excluding hydrogens is 340 g/mol. The van der Waals surface area contributed by atoms with E-state index in [9.17, 15) is 13.2 Å². The quantitative estimate of drug-likeness (QED) is 0.846. The second-order valence-corrected chi connectivity index (χ2v) is 9.41. The molecule has 4 atom stereocenters. The molecule has 1 saturated heterocycles. The van der Waals surface area contributed by atoms with Crippen molar-refractivity contribution in [2.45, 2.75) is 57.0 Å². The number of sulfonamides is 1. The second kappa shape index (κ2) is 7.45. The number of amides is 1. The van der Waals surface area contributed by atoms with Crippen LogP contribution in [0.2, 0.25) is 0 Å². The van der Waals surface area contributed by atoms with Crippen molar-refractivity contribution in [2.75, 3.05) is 13.1 Å². The number of rotatable bonds is 4. The third-order valence-electron chi connectivity index (χ3n) is 5.88. The molecule has 0 spiro atoms. The molecule has 2 N–H and O–H groups in total. The van der Waals surface area contributed by atoms with Crippen LogP contribution in [-0.2, 0) is 14.8 Å². The van der Waals surface area contributed by atoms with Crippen molar-refractivity contribution >= 4 is 15.9 Å². The van der Waals surface area contributed by atoms with Crippen molar-refractivity contribution in [3.8, 4) is 0 Å². The van der Waals surface area contributed by atoms with Crippen molar-refractivity contribution < 1.29 is 13.2 Å². The lowest BCUT2D eigenvalue weighted by atomic mass is 9.78. The Morgan fingerprint density at radius 2 is 2.08 bits per heavy atom. The molecule has 1 saturated carbocycles. The fourth-order valence-corrected chi connectivity index (χ4v) is 5.40. The first-order chi connectivity index (χ1) is 11.9. The van der Waals surface area contributed by atoms with Gasteiger partial charge in [-0.1, -0.05) is 26.7 Å². The Bertz CT molecular complexity index is 689. The van der Waals surface area contributed by atoms with Gasteiger partial charge in [-0.2, -0.15) is 4.31 Å². The van der Waals surface area contributed by atoms with E-state index in [1.807, 2.05) is 0 Å². The van der Waals surface area contributed by atoms with Gasteiger partial charge in [0.05, 0.1) is 18.4 Å². The van der Waals surface area contributed by atoms with E-state index in [0.717, 1.165) is 19.3 Å². The zero-order valence-electron chi connectivity index (χ0n) is 14.9. The standard InChI is InChI=1S/C17H28N4O3S/c1-12-5-3-7-15(13(12)2)20-17(22)14-6-4-8-21(10-14)25(23,24)16-9-18-11-19-16/h9,11-15H,3-8,10H2,1-2H3,(H,18,19)(H,20,22). The molecule has 0 aromatic carbocycles. The number of carbonyl (C=O) groups is 1. The molecule has 2 fully saturated rings. The summed E-state index contributed by atoms with van der Waals surface area (Å²) in [5.41, 5.74) is 0. The molecule has 2 heterocycles. The summed E-state index contributed by atoms with van der Waals surface area (Å²) < 4.78 is 26.7. The fraction of sp³-hybridized carbons (Fsp3) is 0.765. The van der Waals surface area contributed by atoms with Crippen LogP contribution in [0.5, 0.6) is 0 Å². The maximum Gasteiger partial charge on any atom is 0.260 e. The third-order valence-corrected chi connectivity index (χ3v) is 7.67. The van der Waals surface area contributed by atoms with Gasteiger partial charge in [0.15, 0.2) is 5.03 Å². The summed E-state index contributed by atoms with van der Waals surface area (Å²) in [5.74, 6) is 0.792. The minimum absolute atomic E-state index is 0.00420. The first kappa shape index (κ1) is 18.4. The number of imidazole rings is 1. The Kier molecular flexibility index (Phi) is 5.48. The zero-order valence-corrected chi connectivity index (χ0v) is 15.8. The van der Waals surface area contributed by atoms with Crippen LogP contribution in [0.15, 0.2) is 17.6 Å². The van der Waals surface area contributed by atoms with E-state index in [1.54, 1.807) is 0 Å². The molecule has 4 unspecified atom stereocenters. The topological polar surface area (TPSA) is 95.2 Å². The number of piperidine rings is 1. The lowest BCUT2D eigenvalue weighted by Gasteiger charge is -2.37. The van der Waals surface area contributed by atoms with E-state index < -0.39 is 10.0 Å². The summed E-state index contributed by atoms with van der Waals surface area (Å²) in [4.78, 5) is 19.2. The summed E-state index contributed by atoms with van der Waals surface area (Å²) >= 11 is 0. The van der Waals surface area contributed by atoms with Gasteiger partial charge in [-0.05, 0) is 31.1 Å². The smallest absolute Gasteiger partial charge is 0.260 e. The lowest BCUT2D eigenvalue weighted by molar-refractivity contribution is -0.127. The van der Waals surface area contributed by atoms with E-state index in [1.165, 1.54) is 23.3 Å². The minimum Gasteiger partial charge on any atom is -0.353 e. The first-order valence-corrected chi connectivity index (χ1v) is 10.6. The average Bonchev–Trinajstić information content (AvgIpc) is 3.14. The number of hydrogen-bond donors (Lipinski definition) is 2. The zero-order chi connectivity index (χ0) is 18.0. The van der Waals surface area contributed by atoms with E-state index in [4.69, 9.17) is 0 Å². The number of aromatic nitrogens is 2. The Hall–Kier alpha value is -1.41. The van der Waals surface area contributed by atoms with Crippen molar-refractivity contribution in [3.63, 3.8) is 0 Å². The van der Waals surface area contributed by atoms with Crippen molar-refractivity contribution in [1.82, 2.24) is 19.6 Å². The summed E-state index contributed by atoms with van der Waals surface area (Å²) in [6.45, 7) is 5.12. The lowest BCUT2D eigenvalue weighted by Crippen LogP contribution is -2.50. The van der Waals surface area contributed by atoms with Crippen molar-refractivity contribution in [3.05, 3.63) is 12.5 Å². The molecule has 1 aliphatic heterocycles. The van der Waals surface area contributed by atoms with Crippen molar-refractivity contribution in [1.29, 1.82) is 0 Å². The Morgan fingerprint density at radius 1 is 1.28 bits per heavy atom. The van der Waals surface area contributed by atoms with Crippen LogP contribution in [0.1, 0.15) is 46.0 Å². The van der Waals surface area contributed by atoms with Gasteiger partial charge in [-0.15, -0.1) is 0 Å². The predicted molar refractivity (Wildman–Crippen MR) is 94.2 cm³/mol. The highest BCUT2D eigenvalue weighted by Gasteiger charge is 2.36. The summed E-state index contributed by atoms with van der Waals surface area (Å²) in [5, 5.41) is 3.28. The van der Waals surface area contributed by atoms with Crippen LogP contribution in [0.25, 0.3) is 0 Å². The molecule has 1 amide bonds. The van der Waals surface area contributed by atoms with Crippen LogP contribution >= 0.6 is 0 Å². The van der Waals surface area contributed by atoms with Crippen LogP contribution < -0.4 is 5.32 Å². The number of aromatic amines is 1. The maximum atomic E-state index is 12.7. The minimum atomic E-state index is -3.60. The maximum absolute atomic E-state index is 12.7. The van der Waals surface area contributed by atoms with Gasteiger partial charge in [-0.3, -0.25) is 4.79 Å². The van der Waals surface area contributed by atoms with Gasteiger partial charge in [0.25, 0.3) is 10.0 Å². The molecular formula is C17H28N4O3S. The first-order valence-electron chi connectivity index (χ1n) is 9.18. The molecule has 140 valence electrons. The molecule has 8 heteroatoms. The highest BCUT2D eigenvalue weighted by molar-refractivity contribution is 7.89. The van der Waals surface area contributed by atoms with E-state index >= 15 is 0 Å². The molecule has 1 aromatic rings. The van der Waals surface area contributed by atoms with Gasteiger partial charge in [-0.25, -0.2) is 13.4 Å². The van der Waals surface area contributed by atoms with Crippen LogP contribution in [0.4, 0.5) is 0 Å². The monoisotopic (exact) mass is 368 g/mol. The van der Waals surface area contributed by atoms with Crippen LogP contribution in [0.3, 0.4) is 0 Å². The average molecular weight is 369 g/mol. The summed E-state index contributed by atoms with van der Waals surface area (Å²) in [7, 11) is -3.60. The Balaban J connectivity index is 1.64. The van der Waals surface area contributed by atoms with E-state index in [-0.39, 0.29) is 29.4 Å². The number of hydrogen-bond acceptors (Lipinski definition) is 4. The van der Waals surface area contributed by atoms with Gasteiger partial charge >= 0.3 is 0 Å². The van der Waals surface area contributed by atoms with Gasteiger partial charge in [0, 0.05) is 19.1 Å². The molecule has 2 aliphatic rings. The molecule has 0 radical (unpaired) electrons. The third kappa shape index (κ3) is 3.89. The van der Waals surface area contributed by atoms with Crippen LogP contribution in [0, 0.1) is 17.8 Å². The number of nitrogens with zero attached hydrogens (tertiary/aromatic N) is 2. The summed E-state index contributed by atoms with van der Waals surface area (Å²) in [6.07, 6.45) is 7.46. The predicted octanol–water partition coefficient (Wildman–Crippen LogP) is 1.75. The highest BCUT2D eigenvalue weighted by atomic mass is 32.2. The molecule has 0 bridgehead atoms. The second-order valence-electron chi connectivity index (χ2n) is 7.50. The van der Waals surface area contributed by atoms with Gasteiger partial charge in [0.2, 0.25) is 5.91 Å². The molecule has 1 aromatic heterocycles. The normalized spacial score (nSPS) is 31.6. The summed E-state index contributed by atoms with van der Waals surface area (Å²) in [6, 6.07) is 0.204. The SMILES string of the molecule is CC1CCCC(NC(=O)C2CCCN(S(=O)(=O)c3cnc[nH]3)C2)C1C. The molecule has 3 rings (SSSR count). The number of carbonyl (C=O) groups excluding carboxylic acids is 1. The fourth-order valence-electron chi connectivity index (χ4n) is 3.98.